The van der Waals surface area contributed by atoms with Crippen LogP contribution >= 0.6 is 0 Å². The lowest BCUT2D eigenvalue weighted by molar-refractivity contribution is -0.136. The van der Waals surface area contributed by atoms with Gasteiger partial charge in [0.15, 0.2) is 34.5 Å². The Bertz CT molecular complexity index is 1230. The molecule has 3 aliphatic rings. The van der Waals surface area contributed by atoms with Gasteiger partial charge in [0, 0.05) is 17.5 Å². The lowest BCUT2D eigenvalue weighted by atomic mass is 9.99. The Labute approximate surface area is 170 Å². The first-order chi connectivity index (χ1) is 14.4. The first-order valence-corrected chi connectivity index (χ1v) is 10.3. The number of carbonyl (C=O) groups excluding carboxylic acids is 1. The van der Waals surface area contributed by atoms with Gasteiger partial charge in [0.25, 0.3) is 10.0 Å². The van der Waals surface area contributed by atoms with Crippen LogP contribution in [0.1, 0.15) is 16.7 Å². The van der Waals surface area contributed by atoms with Crippen LogP contribution in [0.2, 0.25) is 0 Å². The fourth-order valence-electron chi connectivity index (χ4n) is 3.60. The van der Waals surface area contributed by atoms with Crippen LogP contribution in [0.4, 0.5) is 0 Å². The van der Waals surface area contributed by atoms with Crippen LogP contribution in [-0.4, -0.2) is 40.2 Å². The van der Waals surface area contributed by atoms with Crippen molar-refractivity contribution in [3.63, 3.8) is 0 Å². The van der Waals surface area contributed by atoms with E-state index < -0.39 is 27.4 Å². The SMILES string of the molecule is COC(=O)C1=C(O)c2cc3c(c(Cc4ccc5c(c4)OCO5)c2S(=O)(=O)N1)OCO3. The summed E-state index contributed by atoms with van der Waals surface area (Å²) in [4.78, 5) is 11.7. The monoisotopic (exact) mass is 433 g/mol. The van der Waals surface area contributed by atoms with Crippen LogP contribution in [-0.2, 0) is 26.0 Å². The van der Waals surface area contributed by atoms with Gasteiger partial charge >= 0.3 is 5.97 Å². The zero-order chi connectivity index (χ0) is 21.0. The van der Waals surface area contributed by atoms with Crippen molar-refractivity contribution >= 4 is 21.8 Å². The molecule has 0 saturated carbocycles. The van der Waals surface area contributed by atoms with Gasteiger partial charge in [0.2, 0.25) is 13.6 Å². The second-order valence-corrected chi connectivity index (χ2v) is 8.27. The fraction of sp³-hybridized carbons (Fsp3) is 0.211. The summed E-state index contributed by atoms with van der Waals surface area (Å²) in [6, 6.07) is 6.57. The van der Waals surface area contributed by atoms with E-state index in [0.717, 1.165) is 12.7 Å². The lowest BCUT2D eigenvalue weighted by Crippen LogP contribution is -2.34. The Kier molecular flexibility index (Phi) is 3.97. The van der Waals surface area contributed by atoms with Gasteiger partial charge in [-0.3, -0.25) is 4.72 Å². The van der Waals surface area contributed by atoms with Crippen LogP contribution in [0.15, 0.2) is 34.9 Å². The zero-order valence-corrected chi connectivity index (χ0v) is 16.4. The summed E-state index contributed by atoms with van der Waals surface area (Å²) in [5.41, 5.74) is 0.358. The minimum atomic E-state index is -4.22. The van der Waals surface area contributed by atoms with Gasteiger partial charge in [-0.15, -0.1) is 0 Å². The normalized spacial score (nSPS) is 17.4. The van der Waals surface area contributed by atoms with E-state index in [-0.39, 0.29) is 47.5 Å². The van der Waals surface area contributed by atoms with Gasteiger partial charge in [0.1, 0.15) is 4.90 Å². The molecule has 0 amide bonds. The van der Waals surface area contributed by atoms with E-state index in [0.29, 0.717) is 11.5 Å². The molecule has 2 aromatic rings. The molecule has 0 saturated heterocycles. The molecule has 30 heavy (non-hydrogen) atoms. The highest BCUT2D eigenvalue weighted by Crippen LogP contribution is 2.46. The van der Waals surface area contributed by atoms with Crippen LogP contribution in [0, 0.1) is 0 Å². The van der Waals surface area contributed by atoms with Gasteiger partial charge in [-0.05, 0) is 23.8 Å². The summed E-state index contributed by atoms with van der Waals surface area (Å²) >= 11 is 0. The fourth-order valence-corrected chi connectivity index (χ4v) is 5.09. The van der Waals surface area contributed by atoms with Gasteiger partial charge in [-0.2, -0.15) is 0 Å². The Morgan fingerprint density at radius 3 is 2.63 bits per heavy atom. The largest absolute Gasteiger partial charge is 0.505 e. The first-order valence-electron chi connectivity index (χ1n) is 8.78. The molecule has 5 rings (SSSR count). The molecule has 11 heteroatoms. The van der Waals surface area contributed by atoms with Crippen LogP contribution in [0.5, 0.6) is 23.0 Å². The molecule has 2 aromatic carbocycles. The zero-order valence-electron chi connectivity index (χ0n) is 15.6. The second kappa shape index (κ2) is 6.46. The summed E-state index contributed by atoms with van der Waals surface area (Å²) in [6.45, 7) is 0.00726. The lowest BCUT2D eigenvalue weighted by Gasteiger charge is -2.23. The van der Waals surface area contributed by atoms with Crippen LogP contribution in [0.25, 0.3) is 5.76 Å². The van der Waals surface area contributed by atoms with E-state index in [1.807, 2.05) is 0 Å². The third-order valence-electron chi connectivity index (χ3n) is 4.91. The highest BCUT2D eigenvalue weighted by atomic mass is 32.2. The number of esters is 1. The van der Waals surface area contributed by atoms with Crippen molar-refractivity contribution in [1.82, 2.24) is 4.72 Å². The third-order valence-corrected chi connectivity index (χ3v) is 6.39. The average Bonchev–Trinajstić information content (AvgIpc) is 3.38. The molecule has 0 unspecified atom stereocenters. The minimum Gasteiger partial charge on any atom is -0.505 e. The summed E-state index contributed by atoms with van der Waals surface area (Å²) in [5, 5.41) is 10.6. The molecule has 0 atom stereocenters. The Morgan fingerprint density at radius 2 is 1.83 bits per heavy atom. The Morgan fingerprint density at radius 1 is 1.10 bits per heavy atom. The predicted molar refractivity (Wildman–Crippen MR) is 99.8 cm³/mol. The van der Waals surface area contributed by atoms with E-state index in [2.05, 4.69) is 9.46 Å². The number of benzene rings is 2. The Hall–Kier alpha value is -3.60. The molecule has 10 nitrogen and oxygen atoms in total. The topological polar surface area (TPSA) is 130 Å². The molecule has 0 bridgehead atoms. The molecular weight excluding hydrogens is 418 g/mol. The van der Waals surface area contributed by atoms with Gasteiger partial charge in [-0.1, -0.05) is 6.07 Å². The maximum atomic E-state index is 13.0. The van der Waals surface area contributed by atoms with E-state index in [4.69, 9.17) is 18.9 Å². The number of sulfonamides is 1. The van der Waals surface area contributed by atoms with Crippen molar-refractivity contribution in [3.8, 4) is 23.0 Å². The quantitative estimate of drug-likeness (QED) is 0.691. The molecule has 3 aliphatic heterocycles. The number of hydrogen-bond acceptors (Lipinski definition) is 9. The number of rotatable bonds is 3. The summed E-state index contributed by atoms with van der Waals surface area (Å²) < 4.78 is 54.4. The van der Waals surface area contributed by atoms with Crippen molar-refractivity contribution in [2.24, 2.45) is 0 Å². The molecule has 156 valence electrons. The number of aliphatic hydroxyl groups is 1. The minimum absolute atomic E-state index is 0.0749. The smallest absolute Gasteiger partial charge is 0.359 e. The van der Waals surface area contributed by atoms with Crippen molar-refractivity contribution < 1.29 is 42.0 Å². The summed E-state index contributed by atoms with van der Waals surface area (Å²) in [5.74, 6) is 0.0798. The molecule has 0 spiro atoms. The highest BCUT2D eigenvalue weighted by molar-refractivity contribution is 7.90. The van der Waals surface area contributed by atoms with Crippen molar-refractivity contribution in [3.05, 3.63) is 46.7 Å². The van der Waals surface area contributed by atoms with Crippen LogP contribution < -0.4 is 23.7 Å². The van der Waals surface area contributed by atoms with Crippen LogP contribution in [0.3, 0.4) is 0 Å². The van der Waals surface area contributed by atoms with E-state index in [1.54, 1.807) is 18.2 Å². The Balaban J connectivity index is 1.71. The van der Waals surface area contributed by atoms with E-state index >= 15 is 0 Å². The first kappa shape index (κ1) is 18.4. The number of aliphatic hydroxyl groups excluding tert-OH is 1. The highest BCUT2D eigenvalue weighted by Gasteiger charge is 2.39. The molecule has 0 fully saturated rings. The van der Waals surface area contributed by atoms with Gasteiger partial charge in [0.05, 0.1) is 7.11 Å². The van der Waals surface area contributed by atoms with Gasteiger partial charge in [-0.25, -0.2) is 13.2 Å². The maximum absolute atomic E-state index is 13.0. The molecule has 2 N–H and O–H groups in total. The van der Waals surface area contributed by atoms with Crippen molar-refractivity contribution in [2.75, 3.05) is 20.7 Å². The summed E-state index contributed by atoms with van der Waals surface area (Å²) in [6.07, 6.45) is 0.132. The predicted octanol–water partition coefficient (Wildman–Crippen LogP) is 1.43. The van der Waals surface area contributed by atoms with E-state index in [9.17, 15) is 18.3 Å². The number of fused-ring (bicyclic) bond motifs is 3. The second-order valence-electron chi connectivity index (χ2n) is 6.65. The van der Waals surface area contributed by atoms with E-state index in [1.165, 1.54) is 6.07 Å². The number of carbonyl (C=O) groups is 1. The standard InChI is InChI=1S/C19H15NO9S/c1-25-19(22)15-16(21)10-6-14-17(29-8-28-14)11(18(10)30(23,24)20-15)4-9-2-3-12-13(5-9)27-7-26-12/h2-3,5-6,20-21H,4,7-8H2,1H3. The number of methoxy groups -OCH3 is 1. The number of hydrogen-bond donors (Lipinski definition) is 2. The van der Waals surface area contributed by atoms with Crippen molar-refractivity contribution in [2.45, 2.75) is 11.3 Å². The van der Waals surface area contributed by atoms with Gasteiger partial charge < -0.3 is 28.8 Å². The molecular formula is C19H15NO9S. The number of nitrogens with one attached hydrogen (secondary N) is 1. The molecule has 0 radical (unpaired) electrons. The third kappa shape index (κ3) is 2.70. The molecule has 3 heterocycles. The maximum Gasteiger partial charge on any atom is 0.359 e. The average molecular weight is 433 g/mol. The van der Waals surface area contributed by atoms with Crippen molar-refractivity contribution in [1.29, 1.82) is 0 Å². The number of ether oxygens (including phenoxy) is 5. The summed E-state index contributed by atoms with van der Waals surface area (Å²) in [7, 11) is -3.14. The molecule has 0 aliphatic carbocycles. The molecule has 0 aromatic heterocycles.